The van der Waals surface area contributed by atoms with E-state index in [1.54, 1.807) is 16.1 Å². The molecule has 6 heteroatoms. The Labute approximate surface area is 124 Å². The molecule has 2 bridgehead atoms. The zero-order valence-corrected chi connectivity index (χ0v) is 13.0. The third kappa shape index (κ3) is 2.97. The molecular formula is C14H20N2O2S2. The lowest BCUT2D eigenvalue weighted by Crippen LogP contribution is -2.39. The Balaban J connectivity index is 1.54. The minimum atomic E-state index is -3.08. The minimum absolute atomic E-state index is 0.227. The monoisotopic (exact) mass is 312 g/mol. The number of anilines is 1. The molecule has 2 N–H and O–H groups in total. The molecule has 1 saturated heterocycles. The molecule has 1 saturated carbocycles. The minimum Gasteiger partial charge on any atom is -0.399 e. The first kappa shape index (κ1) is 14.2. The molecule has 1 aromatic carbocycles. The van der Waals surface area contributed by atoms with Crippen molar-refractivity contribution in [3.05, 3.63) is 24.3 Å². The molecule has 110 valence electrons. The quantitative estimate of drug-likeness (QED) is 0.668. The van der Waals surface area contributed by atoms with Gasteiger partial charge in [0.15, 0.2) is 0 Å². The van der Waals surface area contributed by atoms with Crippen molar-refractivity contribution >= 4 is 27.5 Å². The Bertz CT molecular complexity index is 571. The molecule has 0 spiro atoms. The van der Waals surface area contributed by atoms with Crippen molar-refractivity contribution in [2.24, 2.45) is 5.92 Å². The Morgan fingerprint density at radius 1 is 1.25 bits per heavy atom. The van der Waals surface area contributed by atoms with Gasteiger partial charge in [0.25, 0.3) is 0 Å². The molecule has 0 amide bonds. The van der Waals surface area contributed by atoms with E-state index in [0.29, 0.717) is 11.7 Å². The maximum atomic E-state index is 12.4. The maximum Gasteiger partial charge on any atom is 0.215 e. The summed E-state index contributed by atoms with van der Waals surface area (Å²) in [7, 11) is -3.08. The van der Waals surface area contributed by atoms with Crippen molar-refractivity contribution in [1.82, 2.24) is 4.31 Å². The third-order valence-electron chi connectivity index (χ3n) is 4.21. The lowest BCUT2D eigenvalue weighted by Gasteiger charge is -2.26. The molecule has 1 aliphatic carbocycles. The number of hydrogen-bond acceptors (Lipinski definition) is 4. The number of piperidine rings is 1. The zero-order valence-electron chi connectivity index (χ0n) is 11.4. The van der Waals surface area contributed by atoms with E-state index in [0.717, 1.165) is 30.0 Å². The Kier molecular flexibility index (Phi) is 3.97. The fraction of sp³-hybridized carbons (Fsp3) is 0.571. The molecule has 20 heavy (non-hydrogen) atoms. The average molecular weight is 312 g/mol. The molecule has 2 aliphatic rings. The topological polar surface area (TPSA) is 63.4 Å². The molecule has 4 nitrogen and oxygen atoms in total. The van der Waals surface area contributed by atoms with E-state index in [1.165, 1.54) is 6.42 Å². The van der Waals surface area contributed by atoms with Gasteiger partial charge in [-0.3, -0.25) is 0 Å². The first-order chi connectivity index (χ1) is 9.54. The smallest absolute Gasteiger partial charge is 0.215 e. The van der Waals surface area contributed by atoms with E-state index >= 15 is 0 Å². The number of fused-ring (bicyclic) bond motifs is 2. The molecule has 0 radical (unpaired) electrons. The van der Waals surface area contributed by atoms with Crippen molar-refractivity contribution in [2.45, 2.75) is 30.2 Å². The van der Waals surface area contributed by atoms with Crippen LogP contribution in [-0.4, -0.2) is 36.8 Å². The third-order valence-corrected chi connectivity index (χ3v) is 7.36. The number of nitrogens with zero attached hydrogens (tertiary/aromatic N) is 1. The van der Waals surface area contributed by atoms with Crippen LogP contribution in [0.25, 0.3) is 0 Å². The number of hydrogen-bond donors (Lipinski definition) is 1. The highest BCUT2D eigenvalue weighted by Crippen LogP contribution is 2.39. The van der Waals surface area contributed by atoms with Crippen LogP contribution in [0.1, 0.15) is 19.3 Å². The lowest BCUT2D eigenvalue weighted by atomic mass is 10.1. The van der Waals surface area contributed by atoms with Crippen LogP contribution in [0.4, 0.5) is 5.69 Å². The average Bonchev–Trinajstić information content (AvgIpc) is 3.04. The van der Waals surface area contributed by atoms with Gasteiger partial charge >= 0.3 is 0 Å². The first-order valence-electron chi connectivity index (χ1n) is 7.02. The first-order valence-corrected chi connectivity index (χ1v) is 9.62. The summed E-state index contributed by atoms with van der Waals surface area (Å²) < 4.78 is 26.5. The van der Waals surface area contributed by atoms with E-state index in [4.69, 9.17) is 5.73 Å². The number of sulfonamides is 1. The zero-order chi connectivity index (χ0) is 14.2. The molecule has 2 atom stereocenters. The number of rotatable bonds is 5. The highest BCUT2D eigenvalue weighted by molar-refractivity contribution is 8.00. The number of benzene rings is 1. The van der Waals surface area contributed by atoms with Gasteiger partial charge in [0.1, 0.15) is 0 Å². The highest BCUT2D eigenvalue weighted by Gasteiger charge is 2.43. The van der Waals surface area contributed by atoms with Gasteiger partial charge in [0, 0.05) is 28.9 Å². The predicted octanol–water partition coefficient (Wildman–Crippen LogP) is 2.17. The van der Waals surface area contributed by atoms with Crippen molar-refractivity contribution < 1.29 is 8.42 Å². The van der Waals surface area contributed by atoms with Crippen LogP contribution in [0.15, 0.2) is 29.2 Å². The summed E-state index contributed by atoms with van der Waals surface area (Å²) in [5, 5.41) is 0. The molecule has 1 aromatic rings. The fourth-order valence-electron chi connectivity index (χ4n) is 3.17. The Morgan fingerprint density at radius 2 is 2.00 bits per heavy atom. The van der Waals surface area contributed by atoms with Crippen molar-refractivity contribution in [3.8, 4) is 0 Å². The van der Waals surface area contributed by atoms with Gasteiger partial charge in [-0.25, -0.2) is 8.42 Å². The summed E-state index contributed by atoms with van der Waals surface area (Å²) in [4.78, 5) is 1.07. The second-order valence-corrected chi connectivity index (χ2v) is 8.85. The van der Waals surface area contributed by atoms with Gasteiger partial charge in [-0.05, 0) is 49.4 Å². The highest BCUT2D eigenvalue weighted by atomic mass is 32.2. The molecular weight excluding hydrogens is 292 g/mol. The molecule has 2 fully saturated rings. The van der Waals surface area contributed by atoms with Gasteiger partial charge in [0.05, 0.1) is 5.75 Å². The molecule has 1 heterocycles. The van der Waals surface area contributed by atoms with E-state index in [1.807, 2.05) is 24.3 Å². The van der Waals surface area contributed by atoms with Gasteiger partial charge in [-0.2, -0.15) is 4.31 Å². The summed E-state index contributed by atoms with van der Waals surface area (Å²) in [6.07, 6.45) is 3.33. The lowest BCUT2D eigenvalue weighted by molar-refractivity contribution is 0.334. The molecule has 3 rings (SSSR count). The van der Waals surface area contributed by atoms with Crippen molar-refractivity contribution in [3.63, 3.8) is 0 Å². The maximum absolute atomic E-state index is 12.4. The van der Waals surface area contributed by atoms with Crippen LogP contribution in [0.5, 0.6) is 0 Å². The standard InChI is InChI=1S/C14H20N2O2S2/c15-12-2-5-14(6-3-12)19-7-8-20(17,18)16-10-11-1-4-13(16)9-11/h2-3,5-6,11,13H,1,4,7-10,15H2. The molecule has 1 aliphatic heterocycles. The molecule has 0 aromatic heterocycles. The number of thioether (sulfide) groups is 1. The number of nitrogens with two attached hydrogens (primary N) is 1. The van der Waals surface area contributed by atoms with Crippen LogP contribution in [0.2, 0.25) is 0 Å². The Hall–Kier alpha value is -0.720. The Morgan fingerprint density at radius 3 is 2.60 bits per heavy atom. The largest absolute Gasteiger partial charge is 0.399 e. The summed E-state index contributed by atoms with van der Waals surface area (Å²) in [6.45, 7) is 0.750. The van der Waals surface area contributed by atoms with Crippen LogP contribution in [0, 0.1) is 5.92 Å². The van der Waals surface area contributed by atoms with E-state index in [-0.39, 0.29) is 11.8 Å². The summed E-state index contributed by atoms with van der Waals surface area (Å²) in [5.74, 6) is 1.44. The number of nitrogen functional groups attached to an aromatic ring is 1. The van der Waals surface area contributed by atoms with Crippen LogP contribution >= 0.6 is 11.8 Å². The predicted molar refractivity (Wildman–Crippen MR) is 83.2 cm³/mol. The van der Waals surface area contributed by atoms with E-state index in [2.05, 4.69) is 0 Å². The van der Waals surface area contributed by atoms with Gasteiger partial charge in [-0.15, -0.1) is 11.8 Å². The summed E-state index contributed by atoms with van der Waals surface area (Å²) in [6, 6.07) is 7.84. The van der Waals surface area contributed by atoms with Gasteiger partial charge < -0.3 is 5.73 Å². The van der Waals surface area contributed by atoms with Crippen LogP contribution in [0.3, 0.4) is 0 Å². The second-order valence-electron chi connectivity index (χ2n) is 5.64. The van der Waals surface area contributed by atoms with Gasteiger partial charge in [0.2, 0.25) is 10.0 Å². The van der Waals surface area contributed by atoms with Crippen LogP contribution < -0.4 is 5.73 Å². The van der Waals surface area contributed by atoms with E-state index in [9.17, 15) is 8.42 Å². The fourth-order valence-corrected chi connectivity index (χ4v) is 6.22. The normalized spacial score (nSPS) is 26.2. The SMILES string of the molecule is Nc1ccc(SCCS(=O)(=O)N2CC3CCC2C3)cc1. The summed E-state index contributed by atoms with van der Waals surface area (Å²) >= 11 is 1.57. The van der Waals surface area contributed by atoms with Crippen molar-refractivity contribution in [2.75, 3.05) is 23.8 Å². The van der Waals surface area contributed by atoms with E-state index < -0.39 is 10.0 Å². The van der Waals surface area contributed by atoms with Crippen molar-refractivity contribution in [1.29, 1.82) is 0 Å². The van der Waals surface area contributed by atoms with Gasteiger partial charge in [-0.1, -0.05) is 0 Å². The van der Waals surface area contributed by atoms with Crippen LogP contribution in [-0.2, 0) is 10.0 Å². The second kappa shape index (κ2) is 5.58. The molecule has 2 unspecified atom stereocenters. The summed E-state index contributed by atoms with van der Waals surface area (Å²) in [5.41, 5.74) is 6.36.